The second-order valence-corrected chi connectivity index (χ2v) is 5.34. The van der Waals surface area contributed by atoms with Crippen LogP contribution < -0.4 is 10.1 Å². The maximum atomic E-state index is 12.6. The van der Waals surface area contributed by atoms with E-state index in [1.165, 1.54) is 0 Å². The predicted octanol–water partition coefficient (Wildman–Crippen LogP) is 1.02. The highest BCUT2D eigenvalue weighted by Gasteiger charge is 2.26. The van der Waals surface area contributed by atoms with Gasteiger partial charge in [-0.3, -0.25) is 4.79 Å². The van der Waals surface area contributed by atoms with Gasteiger partial charge in [-0.05, 0) is 25.5 Å². The molecule has 0 unspecified atom stereocenters. The maximum absolute atomic E-state index is 12.6. The van der Waals surface area contributed by atoms with E-state index >= 15 is 0 Å². The highest BCUT2D eigenvalue weighted by atomic mass is 16.5. The summed E-state index contributed by atoms with van der Waals surface area (Å²) in [4.78, 5) is 14.4. The normalized spacial score (nSPS) is 18.3. The topological polar surface area (TPSA) is 61.8 Å². The molecule has 1 aliphatic rings. The molecule has 1 aliphatic heterocycles. The van der Waals surface area contributed by atoms with Crippen LogP contribution in [0.5, 0.6) is 5.75 Å². The van der Waals surface area contributed by atoms with E-state index in [1.807, 2.05) is 24.3 Å². The summed E-state index contributed by atoms with van der Waals surface area (Å²) in [6.07, 6.45) is 1.94. The quantitative estimate of drug-likeness (QED) is 0.821. The number of nitrogens with zero attached hydrogens (tertiary/aromatic N) is 1. The molecule has 1 atom stereocenters. The molecule has 1 amide bonds. The molecule has 0 aliphatic carbocycles. The number of hydrogen-bond donors (Lipinski definition) is 2. The number of piperidine rings is 1. The lowest BCUT2D eigenvalue weighted by Crippen LogP contribution is -2.43. The number of aliphatic hydroxyl groups excluding tert-OH is 1. The lowest BCUT2D eigenvalue weighted by molar-refractivity contribution is -0.137. The highest BCUT2D eigenvalue weighted by Crippen LogP contribution is 2.21. The van der Waals surface area contributed by atoms with Crippen LogP contribution in [0.1, 0.15) is 18.4 Å². The van der Waals surface area contributed by atoms with Crippen LogP contribution >= 0.6 is 0 Å². The minimum atomic E-state index is -0.0267. The molecule has 0 saturated carbocycles. The van der Waals surface area contributed by atoms with Crippen molar-refractivity contribution in [1.29, 1.82) is 0 Å². The Morgan fingerprint density at radius 2 is 2.29 bits per heavy atom. The van der Waals surface area contributed by atoms with Gasteiger partial charge in [0.1, 0.15) is 5.75 Å². The number of ether oxygens (including phenoxy) is 1. The first-order chi connectivity index (χ1) is 10.3. The van der Waals surface area contributed by atoms with Crippen molar-refractivity contribution in [3.63, 3.8) is 0 Å². The molecule has 5 nitrogen and oxygen atoms in total. The summed E-state index contributed by atoms with van der Waals surface area (Å²) in [6, 6.07) is 7.68. The zero-order valence-corrected chi connectivity index (χ0v) is 12.5. The summed E-state index contributed by atoms with van der Waals surface area (Å²) in [6.45, 7) is 2.51. The molecule has 1 saturated heterocycles. The molecular formula is C16H24N2O3. The second kappa shape index (κ2) is 8.00. The standard InChI is InChI=1S/C16H24N2O3/c1-21-15-7-3-2-5-14(15)12-18(9-10-19)16(20)13-6-4-8-17-11-13/h2-3,5,7,13,17,19H,4,6,8-12H2,1H3/t13-/m0/s1. The Kier molecular flexibility index (Phi) is 6.02. The van der Waals surface area contributed by atoms with Crippen LogP contribution in [0.4, 0.5) is 0 Å². The lowest BCUT2D eigenvalue weighted by Gasteiger charge is -2.29. The number of carbonyl (C=O) groups excluding carboxylic acids is 1. The van der Waals surface area contributed by atoms with Crippen LogP contribution in [0, 0.1) is 5.92 Å². The van der Waals surface area contributed by atoms with Gasteiger partial charge in [-0.25, -0.2) is 0 Å². The number of benzene rings is 1. The van der Waals surface area contributed by atoms with Gasteiger partial charge in [0.2, 0.25) is 5.91 Å². The van der Waals surface area contributed by atoms with Crippen molar-refractivity contribution < 1.29 is 14.6 Å². The smallest absolute Gasteiger partial charge is 0.227 e. The fourth-order valence-electron chi connectivity index (χ4n) is 2.75. The Bertz CT molecular complexity index is 459. The Morgan fingerprint density at radius 3 is 2.95 bits per heavy atom. The summed E-state index contributed by atoms with van der Waals surface area (Å²) in [7, 11) is 1.63. The van der Waals surface area contributed by atoms with E-state index in [1.54, 1.807) is 12.0 Å². The average molecular weight is 292 g/mol. The van der Waals surface area contributed by atoms with E-state index in [-0.39, 0.29) is 18.4 Å². The molecule has 1 fully saturated rings. The first-order valence-electron chi connectivity index (χ1n) is 7.48. The van der Waals surface area contributed by atoms with Crippen molar-refractivity contribution in [3.8, 4) is 5.75 Å². The summed E-state index contributed by atoms with van der Waals surface area (Å²) >= 11 is 0. The van der Waals surface area contributed by atoms with Gasteiger partial charge in [0, 0.05) is 25.2 Å². The molecule has 0 spiro atoms. The largest absolute Gasteiger partial charge is 0.496 e. The third-order valence-corrected chi connectivity index (χ3v) is 3.88. The summed E-state index contributed by atoms with van der Waals surface area (Å²) in [5, 5.41) is 12.5. The number of carbonyl (C=O) groups is 1. The van der Waals surface area contributed by atoms with E-state index < -0.39 is 0 Å². The highest BCUT2D eigenvalue weighted by molar-refractivity contribution is 5.79. The molecule has 21 heavy (non-hydrogen) atoms. The molecule has 2 N–H and O–H groups in total. The van der Waals surface area contributed by atoms with Gasteiger partial charge in [0.15, 0.2) is 0 Å². The third kappa shape index (κ3) is 4.19. The monoisotopic (exact) mass is 292 g/mol. The molecule has 2 rings (SSSR count). The maximum Gasteiger partial charge on any atom is 0.227 e. The molecule has 116 valence electrons. The number of amides is 1. The SMILES string of the molecule is COc1ccccc1CN(CCO)C(=O)[C@H]1CCCNC1. The van der Waals surface area contributed by atoms with Crippen LogP contribution in [-0.2, 0) is 11.3 Å². The molecule has 1 aromatic carbocycles. The Morgan fingerprint density at radius 1 is 1.48 bits per heavy atom. The fourth-order valence-corrected chi connectivity index (χ4v) is 2.75. The van der Waals surface area contributed by atoms with Gasteiger partial charge in [0.25, 0.3) is 0 Å². The van der Waals surface area contributed by atoms with E-state index in [4.69, 9.17) is 4.74 Å². The van der Waals surface area contributed by atoms with Crippen molar-refractivity contribution in [2.75, 3.05) is 33.4 Å². The Labute approximate surface area is 125 Å². The molecule has 0 bridgehead atoms. The van der Waals surface area contributed by atoms with E-state index in [2.05, 4.69) is 5.32 Å². The van der Waals surface area contributed by atoms with Gasteiger partial charge in [-0.1, -0.05) is 18.2 Å². The van der Waals surface area contributed by atoms with Gasteiger partial charge in [-0.15, -0.1) is 0 Å². The van der Waals surface area contributed by atoms with Crippen LogP contribution in [-0.4, -0.2) is 49.3 Å². The zero-order valence-electron chi connectivity index (χ0n) is 12.5. The molecule has 5 heteroatoms. The van der Waals surface area contributed by atoms with Gasteiger partial charge >= 0.3 is 0 Å². The minimum absolute atomic E-state index is 0.0139. The molecule has 1 aromatic rings. The summed E-state index contributed by atoms with van der Waals surface area (Å²) in [5.74, 6) is 0.900. The number of methoxy groups -OCH3 is 1. The Hall–Kier alpha value is -1.59. The number of para-hydroxylation sites is 1. The van der Waals surface area contributed by atoms with E-state index in [0.717, 1.165) is 37.2 Å². The summed E-state index contributed by atoms with van der Waals surface area (Å²) < 4.78 is 5.34. The molecule has 0 aromatic heterocycles. The van der Waals surface area contributed by atoms with Gasteiger partial charge in [-0.2, -0.15) is 0 Å². The average Bonchev–Trinajstić information content (AvgIpc) is 2.55. The number of hydrogen-bond acceptors (Lipinski definition) is 4. The fraction of sp³-hybridized carbons (Fsp3) is 0.562. The zero-order chi connectivity index (χ0) is 15.1. The van der Waals surface area contributed by atoms with Crippen LogP contribution in [0.2, 0.25) is 0 Å². The van der Waals surface area contributed by atoms with E-state index in [0.29, 0.717) is 13.1 Å². The first-order valence-corrected chi connectivity index (χ1v) is 7.48. The van der Waals surface area contributed by atoms with Gasteiger partial charge in [0.05, 0.1) is 19.6 Å². The molecule has 0 radical (unpaired) electrons. The Balaban J connectivity index is 2.08. The van der Waals surface area contributed by atoms with Crippen molar-refractivity contribution >= 4 is 5.91 Å². The van der Waals surface area contributed by atoms with Gasteiger partial charge < -0.3 is 20.1 Å². The van der Waals surface area contributed by atoms with Crippen molar-refractivity contribution in [2.24, 2.45) is 5.92 Å². The van der Waals surface area contributed by atoms with Crippen LogP contribution in [0.15, 0.2) is 24.3 Å². The molecular weight excluding hydrogens is 268 g/mol. The van der Waals surface area contributed by atoms with Crippen LogP contribution in [0.25, 0.3) is 0 Å². The number of rotatable bonds is 6. The van der Waals surface area contributed by atoms with Crippen LogP contribution in [0.3, 0.4) is 0 Å². The molecule has 1 heterocycles. The number of aliphatic hydroxyl groups is 1. The third-order valence-electron chi connectivity index (χ3n) is 3.88. The van der Waals surface area contributed by atoms with Crippen molar-refractivity contribution in [2.45, 2.75) is 19.4 Å². The predicted molar refractivity (Wildman–Crippen MR) is 81.1 cm³/mol. The first kappa shape index (κ1) is 15.8. The lowest BCUT2D eigenvalue weighted by atomic mass is 9.98. The minimum Gasteiger partial charge on any atom is -0.496 e. The summed E-state index contributed by atoms with van der Waals surface area (Å²) in [5.41, 5.74) is 0.963. The van der Waals surface area contributed by atoms with Crippen molar-refractivity contribution in [3.05, 3.63) is 29.8 Å². The second-order valence-electron chi connectivity index (χ2n) is 5.34. The van der Waals surface area contributed by atoms with Crippen molar-refractivity contribution in [1.82, 2.24) is 10.2 Å². The number of nitrogens with one attached hydrogen (secondary N) is 1. The van der Waals surface area contributed by atoms with E-state index in [9.17, 15) is 9.90 Å².